The highest BCUT2D eigenvalue weighted by Gasteiger charge is 2.33. The fraction of sp³-hybridized carbons (Fsp3) is 0.238. The zero-order valence-corrected chi connectivity index (χ0v) is 16.8. The zero-order valence-electron chi connectivity index (χ0n) is 16.8. The van der Waals surface area contributed by atoms with Crippen LogP contribution in [0.2, 0.25) is 0 Å². The summed E-state index contributed by atoms with van der Waals surface area (Å²) in [5, 5.41) is 13.6. The standard InChI is InChI=1S/C11H9N3O4.C10H11NO2/c15-4-5-1-7-6(12-3-5)2-8(18-7)9-10(16)14-11(17)13-9;1-11-6-7-3-4-8(13-2)5-9(7)10(11)12/h1-3,9,15H,4H2,(H2,13,14,16,17);3-5H,6H2,1-2H3. The molecule has 1 fully saturated rings. The molecule has 4 amide bonds. The van der Waals surface area contributed by atoms with E-state index in [2.05, 4.69) is 15.6 Å². The molecule has 0 radical (unpaired) electrons. The number of aliphatic hydroxyl groups excluding tert-OH is 1. The summed E-state index contributed by atoms with van der Waals surface area (Å²) in [6.45, 7) is 0.567. The molecule has 31 heavy (non-hydrogen) atoms. The number of aromatic nitrogens is 1. The lowest BCUT2D eigenvalue weighted by Gasteiger charge is -2.04. The van der Waals surface area contributed by atoms with Crippen LogP contribution in [0, 0.1) is 0 Å². The maximum atomic E-state index is 11.5. The number of carbonyl (C=O) groups is 3. The van der Waals surface area contributed by atoms with Crippen molar-refractivity contribution in [2.75, 3.05) is 14.2 Å². The normalized spacial score (nSPS) is 17.2. The van der Waals surface area contributed by atoms with Gasteiger partial charge in [-0.3, -0.25) is 19.9 Å². The van der Waals surface area contributed by atoms with E-state index in [0.29, 0.717) is 29.0 Å². The summed E-state index contributed by atoms with van der Waals surface area (Å²) in [7, 11) is 3.40. The van der Waals surface area contributed by atoms with Gasteiger partial charge in [0.15, 0.2) is 11.6 Å². The number of rotatable bonds is 3. The predicted molar refractivity (Wildman–Crippen MR) is 108 cm³/mol. The number of hydrogen-bond acceptors (Lipinski definition) is 7. The van der Waals surface area contributed by atoms with Crippen LogP contribution in [0.15, 0.2) is 40.9 Å². The fourth-order valence-corrected chi connectivity index (χ4v) is 3.38. The molecule has 1 unspecified atom stereocenters. The minimum atomic E-state index is -0.829. The molecule has 2 aliphatic heterocycles. The van der Waals surface area contributed by atoms with Gasteiger partial charge in [0, 0.05) is 31.4 Å². The molecular formula is C21H20N4O6. The van der Waals surface area contributed by atoms with E-state index in [9.17, 15) is 14.4 Å². The quantitative estimate of drug-likeness (QED) is 0.542. The number of pyridine rings is 1. The number of methoxy groups -OCH3 is 1. The summed E-state index contributed by atoms with van der Waals surface area (Å²) in [4.78, 5) is 39.8. The second-order valence-corrected chi connectivity index (χ2v) is 7.11. The van der Waals surface area contributed by atoms with Gasteiger partial charge in [0.1, 0.15) is 17.0 Å². The monoisotopic (exact) mass is 424 g/mol. The largest absolute Gasteiger partial charge is 0.497 e. The lowest BCUT2D eigenvalue weighted by Crippen LogP contribution is -2.22. The molecular weight excluding hydrogens is 404 g/mol. The summed E-state index contributed by atoms with van der Waals surface area (Å²) in [5.41, 5.74) is 3.49. The van der Waals surface area contributed by atoms with Crippen LogP contribution in [0.25, 0.3) is 11.1 Å². The molecule has 2 aromatic heterocycles. The Kier molecular flexibility index (Phi) is 5.30. The van der Waals surface area contributed by atoms with Crippen molar-refractivity contribution in [3.05, 3.63) is 59.0 Å². The molecule has 0 spiro atoms. The van der Waals surface area contributed by atoms with Crippen molar-refractivity contribution in [3.63, 3.8) is 0 Å². The smallest absolute Gasteiger partial charge is 0.322 e. The fourth-order valence-electron chi connectivity index (χ4n) is 3.38. The molecule has 0 saturated carbocycles. The second-order valence-electron chi connectivity index (χ2n) is 7.11. The molecule has 0 bridgehead atoms. The van der Waals surface area contributed by atoms with Gasteiger partial charge in [-0.1, -0.05) is 6.07 Å². The van der Waals surface area contributed by atoms with Crippen LogP contribution in [0.5, 0.6) is 5.75 Å². The highest BCUT2D eigenvalue weighted by Crippen LogP contribution is 2.26. The van der Waals surface area contributed by atoms with Gasteiger partial charge in [-0.05, 0) is 29.3 Å². The maximum absolute atomic E-state index is 11.5. The first-order valence-corrected chi connectivity index (χ1v) is 9.42. The summed E-state index contributed by atoms with van der Waals surface area (Å²) in [6.07, 6.45) is 1.52. The molecule has 4 heterocycles. The second kappa shape index (κ2) is 8.07. The van der Waals surface area contributed by atoms with Crippen molar-refractivity contribution in [1.82, 2.24) is 20.5 Å². The van der Waals surface area contributed by atoms with Crippen LogP contribution < -0.4 is 15.4 Å². The Balaban J connectivity index is 0.000000158. The van der Waals surface area contributed by atoms with Crippen LogP contribution in [-0.2, 0) is 17.9 Å². The van der Waals surface area contributed by atoms with E-state index in [1.165, 1.54) is 6.20 Å². The molecule has 10 nitrogen and oxygen atoms in total. The number of benzene rings is 1. The number of nitrogens with zero attached hydrogens (tertiary/aromatic N) is 2. The molecule has 5 rings (SSSR count). The van der Waals surface area contributed by atoms with Gasteiger partial charge in [0.25, 0.3) is 11.8 Å². The number of carbonyl (C=O) groups excluding carboxylic acids is 3. The van der Waals surface area contributed by atoms with Crippen LogP contribution in [0.1, 0.15) is 33.3 Å². The zero-order chi connectivity index (χ0) is 22.1. The highest BCUT2D eigenvalue weighted by molar-refractivity contribution is 6.04. The number of imide groups is 1. The molecule has 3 aromatic rings. The third kappa shape index (κ3) is 3.92. The van der Waals surface area contributed by atoms with E-state index in [1.54, 1.807) is 37.3 Å². The predicted octanol–water partition coefficient (Wildman–Crippen LogP) is 1.48. The van der Waals surface area contributed by atoms with E-state index >= 15 is 0 Å². The molecule has 1 atom stereocenters. The van der Waals surface area contributed by atoms with Crippen LogP contribution >= 0.6 is 0 Å². The molecule has 160 valence electrons. The van der Waals surface area contributed by atoms with Crippen molar-refractivity contribution in [2.24, 2.45) is 0 Å². The number of urea groups is 1. The molecule has 0 aliphatic carbocycles. The Hall–Kier alpha value is -3.92. The van der Waals surface area contributed by atoms with Crippen molar-refractivity contribution in [1.29, 1.82) is 0 Å². The molecule has 3 N–H and O–H groups in total. The number of hydrogen-bond donors (Lipinski definition) is 3. The lowest BCUT2D eigenvalue weighted by molar-refractivity contribution is -0.120. The summed E-state index contributed by atoms with van der Waals surface area (Å²) < 4.78 is 10.5. The summed E-state index contributed by atoms with van der Waals surface area (Å²) in [5.74, 6) is 0.675. The van der Waals surface area contributed by atoms with Crippen LogP contribution in [0.3, 0.4) is 0 Å². The first-order chi connectivity index (χ1) is 14.9. The number of amides is 4. The number of ether oxygens (including phenoxy) is 1. The van der Waals surface area contributed by atoms with E-state index in [4.69, 9.17) is 14.3 Å². The Bertz CT molecular complexity index is 1190. The van der Waals surface area contributed by atoms with Crippen LogP contribution in [-0.4, -0.2) is 47.0 Å². The minimum Gasteiger partial charge on any atom is -0.497 e. The third-order valence-corrected chi connectivity index (χ3v) is 4.99. The summed E-state index contributed by atoms with van der Waals surface area (Å²) in [6, 6.07) is 7.47. The average molecular weight is 424 g/mol. The number of aliphatic hydroxyl groups is 1. The van der Waals surface area contributed by atoms with Gasteiger partial charge in [-0.15, -0.1) is 0 Å². The molecule has 10 heteroatoms. The van der Waals surface area contributed by atoms with Crippen LogP contribution in [0.4, 0.5) is 4.79 Å². The Morgan fingerprint density at radius 3 is 2.74 bits per heavy atom. The molecule has 2 aliphatic rings. The van der Waals surface area contributed by atoms with Gasteiger partial charge >= 0.3 is 6.03 Å². The summed E-state index contributed by atoms with van der Waals surface area (Å²) >= 11 is 0. The van der Waals surface area contributed by atoms with Gasteiger partial charge in [0.05, 0.1) is 13.7 Å². The van der Waals surface area contributed by atoms with Gasteiger partial charge in [-0.25, -0.2) is 4.79 Å². The van der Waals surface area contributed by atoms with Gasteiger partial charge in [-0.2, -0.15) is 0 Å². The van der Waals surface area contributed by atoms with E-state index in [-0.39, 0.29) is 12.5 Å². The van der Waals surface area contributed by atoms with Crippen molar-refractivity contribution < 1.29 is 28.6 Å². The molecule has 1 aromatic carbocycles. The SMILES string of the molecule is COc1ccc2c(c1)C(=O)N(C)C2.O=C1NC(=O)C(c2cc3ncc(CO)cc3o2)N1. The highest BCUT2D eigenvalue weighted by atomic mass is 16.5. The molecule has 1 saturated heterocycles. The van der Waals surface area contributed by atoms with E-state index in [1.807, 2.05) is 12.1 Å². The minimum absolute atomic E-state index is 0.0777. The first kappa shape index (κ1) is 20.4. The van der Waals surface area contributed by atoms with Gasteiger partial charge < -0.3 is 24.5 Å². The number of furan rings is 1. The van der Waals surface area contributed by atoms with Crippen molar-refractivity contribution >= 4 is 28.9 Å². The van der Waals surface area contributed by atoms with Crippen molar-refractivity contribution in [3.8, 4) is 5.75 Å². The topological polar surface area (TPSA) is 134 Å². The van der Waals surface area contributed by atoms with Gasteiger partial charge in [0.2, 0.25) is 0 Å². The van der Waals surface area contributed by atoms with E-state index in [0.717, 1.165) is 16.9 Å². The Morgan fingerprint density at radius 2 is 2.06 bits per heavy atom. The lowest BCUT2D eigenvalue weighted by atomic mass is 10.1. The third-order valence-electron chi connectivity index (χ3n) is 4.99. The maximum Gasteiger partial charge on any atom is 0.322 e. The Labute approximate surface area is 176 Å². The number of nitrogens with one attached hydrogen (secondary N) is 2. The Morgan fingerprint density at radius 1 is 1.26 bits per heavy atom. The first-order valence-electron chi connectivity index (χ1n) is 9.42. The van der Waals surface area contributed by atoms with Crippen molar-refractivity contribution in [2.45, 2.75) is 19.2 Å². The van der Waals surface area contributed by atoms with E-state index < -0.39 is 18.0 Å². The average Bonchev–Trinajstić information content (AvgIpc) is 3.42. The number of fused-ring (bicyclic) bond motifs is 2.